The van der Waals surface area contributed by atoms with Crippen LogP contribution in [0.5, 0.6) is 0 Å². The zero-order valence-corrected chi connectivity index (χ0v) is 7.87. The molecule has 0 aromatic carbocycles. The fraction of sp³-hybridized carbons (Fsp3) is 0.500. The normalized spacial score (nSPS) is 12.9. The van der Waals surface area contributed by atoms with Crippen LogP contribution in [-0.2, 0) is 7.05 Å². The van der Waals surface area contributed by atoms with E-state index in [1.165, 1.54) is 0 Å². The van der Waals surface area contributed by atoms with E-state index >= 15 is 0 Å². The number of aromatic nitrogens is 1. The Kier molecular flexibility index (Phi) is 2.69. The molecule has 0 saturated carbocycles. The van der Waals surface area contributed by atoms with Crippen LogP contribution >= 0.6 is 0 Å². The molecule has 1 unspecified atom stereocenters. The fourth-order valence-corrected chi connectivity index (χ4v) is 1.21. The third-order valence-corrected chi connectivity index (χ3v) is 2.30. The van der Waals surface area contributed by atoms with Gasteiger partial charge in [-0.1, -0.05) is 19.9 Å². The van der Waals surface area contributed by atoms with Gasteiger partial charge in [0, 0.05) is 18.8 Å². The fourth-order valence-electron chi connectivity index (χ4n) is 1.21. The maximum atomic E-state index is 11.5. The summed E-state index contributed by atoms with van der Waals surface area (Å²) in [6.45, 7) is 4.17. The molecule has 1 rings (SSSR count). The van der Waals surface area contributed by atoms with Crippen molar-refractivity contribution in [2.45, 2.75) is 26.2 Å². The number of rotatable bonds is 2. The monoisotopic (exact) mass is 165 g/mol. The summed E-state index contributed by atoms with van der Waals surface area (Å²) in [5.74, 6) is 0.366. The van der Waals surface area contributed by atoms with E-state index in [-0.39, 0.29) is 5.56 Å². The summed E-state index contributed by atoms with van der Waals surface area (Å²) in [5, 5.41) is 0. The van der Waals surface area contributed by atoms with Crippen LogP contribution < -0.4 is 5.56 Å². The van der Waals surface area contributed by atoms with E-state index in [4.69, 9.17) is 0 Å². The zero-order chi connectivity index (χ0) is 9.14. The third kappa shape index (κ3) is 1.58. The minimum Gasteiger partial charge on any atom is -0.318 e. The largest absolute Gasteiger partial charge is 0.318 e. The van der Waals surface area contributed by atoms with Crippen molar-refractivity contribution >= 4 is 0 Å². The molecule has 66 valence electrons. The third-order valence-electron chi connectivity index (χ3n) is 2.30. The summed E-state index contributed by atoms with van der Waals surface area (Å²) in [6.07, 6.45) is 2.80. The lowest BCUT2D eigenvalue weighted by Crippen LogP contribution is -2.21. The first-order valence-electron chi connectivity index (χ1n) is 4.32. The highest BCUT2D eigenvalue weighted by molar-refractivity contribution is 5.14. The maximum Gasteiger partial charge on any atom is 0.253 e. The molecule has 0 aliphatic heterocycles. The Balaban J connectivity index is 3.17. The summed E-state index contributed by atoms with van der Waals surface area (Å²) in [7, 11) is 1.79. The lowest BCUT2D eigenvalue weighted by molar-refractivity contribution is 0.702. The highest BCUT2D eigenvalue weighted by atomic mass is 16.1. The molecule has 1 heterocycles. The minimum absolute atomic E-state index is 0.131. The first-order valence-corrected chi connectivity index (χ1v) is 4.32. The Morgan fingerprint density at radius 1 is 1.58 bits per heavy atom. The van der Waals surface area contributed by atoms with Gasteiger partial charge in [0.05, 0.1) is 0 Å². The van der Waals surface area contributed by atoms with Crippen molar-refractivity contribution in [2.24, 2.45) is 7.05 Å². The van der Waals surface area contributed by atoms with Crippen molar-refractivity contribution in [1.29, 1.82) is 0 Å². The summed E-state index contributed by atoms with van der Waals surface area (Å²) >= 11 is 0. The number of pyridine rings is 1. The average molecular weight is 165 g/mol. The van der Waals surface area contributed by atoms with Crippen molar-refractivity contribution in [3.8, 4) is 0 Å². The van der Waals surface area contributed by atoms with Crippen LogP contribution in [0, 0.1) is 0 Å². The SMILES string of the molecule is CCC(C)c1cccn(C)c1=O. The van der Waals surface area contributed by atoms with E-state index in [0.717, 1.165) is 12.0 Å². The van der Waals surface area contributed by atoms with E-state index < -0.39 is 0 Å². The van der Waals surface area contributed by atoms with Gasteiger partial charge >= 0.3 is 0 Å². The zero-order valence-electron chi connectivity index (χ0n) is 7.87. The van der Waals surface area contributed by atoms with Gasteiger partial charge in [0.25, 0.3) is 5.56 Å². The number of aryl methyl sites for hydroxylation is 1. The van der Waals surface area contributed by atoms with Crippen molar-refractivity contribution in [3.05, 3.63) is 34.2 Å². The Morgan fingerprint density at radius 3 is 2.83 bits per heavy atom. The number of hydrogen-bond donors (Lipinski definition) is 0. The standard InChI is InChI=1S/C10H15NO/c1-4-8(2)9-6-5-7-11(3)10(9)12/h5-8H,4H2,1-3H3. The quantitative estimate of drug-likeness (QED) is 0.656. The topological polar surface area (TPSA) is 22.0 Å². The van der Waals surface area contributed by atoms with Gasteiger partial charge in [-0.3, -0.25) is 4.79 Å². The van der Waals surface area contributed by atoms with Crippen LogP contribution in [0.25, 0.3) is 0 Å². The molecule has 2 nitrogen and oxygen atoms in total. The molecule has 1 aromatic heterocycles. The summed E-state index contributed by atoms with van der Waals surface area (Å²) < 4.78 is 1.63. The van der Waals surface area contributed by atoms with E-state index in [0.29, 0.717) is 5.92 Å². The molecule has 1 atom stereocenters. The first kappa shape index (κ1) is 9.04. The highest BCUT2D eigenvalue weighted by Crippen LogP contribution is 2.13. The molecule has 0 amide bonds. The molecule has 0 aliphatic rings. The molecule has 1 aromatic rings. The molecule has 0 aliphatic carbocycles. The van der Waals surface area contributed by atoms with E-state index in [1.807, 2.05) is 12.1 Å². The summed E-state index contributed by atoms with van der Waals surface area (Å²) in [6, 6.07) is 3.83. The van der Waals surface area contributed by atoms with Crippen LogP contribution in [0.1, 0.15) is 31.7 Å². The molecule has 0 bridgehead atoms. The van der Waals surface area contributed by atoms with E-state index in [9.17, 15) is 4.79 Å². The van der Waals surface area contributed by atoms with Crippen molar-refractivity contribution in [2.75, 3.05) is 0 Å². The average Bonchev–Trinajstić information content (AvgIpc) is 2.08. The van der Waals surface area contributed by atoms with Gasteiger partial charge < -0.3 is 4.57 Å². The number of hydrogen-bond acceptors (Lipinski definition) is 1. The van der Waals surface area contributed by atoms with Crippen molar-refractivity contribution < 1.29 is 0 Å². The van der Waals surface area contributed by atoms with Gasteiger partial charge in [-0.2, -0.15) is 0 Å². The second-order valence-corrected chi connectivity index (χ2v) is 3.19. The molecule has 0 fully saturated rings. The van der Waals surface area contributed by atoms with Crippen LogP contribution in [-0.4, -0.2) is 4.57 Å². The van der Waals surface area contributed by atoms with Crippen LogP contribution in [0.15, 0.2) is 23.1 Å². The summed E-state index contributed by atoms with van der Waals surface area (Å²) in [5.41, 5.74) is 1.05. The van der Waals surface area contributed by atoms with E-state index in [2.05, 4.69) is 13.8 Å². The Morgan fingerprint density at radius 2 is 2.25 bits per heavy atom. The Hall–Kier alpha value is -1.05. The highest BCUT2D eigenvalue weighted by Gasteiger charge is 2.06. The smallest absolute Gasteiger partial charge is 0.253 e. The molecule has 0 radical (unpaired) electrons. The molecular formula is C10H15NO. The first-order chi connectivity index (χ1) is 5.66. The van der Waals surface area contributed by atoms with Crippen LogP contribution in [0.3, 0.4) is 0 Å². The molecule has 0 saturated heterocycles. The van der Waals surface area contributed by atoms with Crippen LogP contribution in [0.4, 0.5) is 0 Å². The van der Waals surface area contributed by atoms with E-state index in [1.54, 1.807) is 17.8 Å². The number of nitrogens with zero attached hydrogens (tertiary/aromatic N) is 1. The summed E-state index contributed by atoms with van der Waals surface area (Å²) in [4.78, 5) is 11.5. The maximum absolute atomic E-state index is 11.5. The Labute approximate surface area is 72.8 Å². The van der Waals surface area contributed by atoms with Gasteiger partial charge in [-0.15, -0.1) is 0 Å². The Bertz CT molecular complexity index is 314. The molecular weight excluding hydrogens is 150 g/mol. The van der Waals surface area contributed by atoms with Gasteiger partial charge in [0.2, 0.25) is 0 Å². The second-order valence-electron chi connectivity index (χ2n) is 3.19. The van der Waals surface area contributed by atoms with Gasteiger partial charge in [-0.25, -0.2) is 0 Å². The lowest BCUT2D eigenvalue weighted by Gasteiger charge is -2.08. The van der Waals surface area contributed by atoms with Gasteiger partial charge in [0.15, 0.2) is 0 Å². The van der Waals surface area contributed by atoms with Crippen molar-refractivity contribution in [1.82, 2.24) is 4.57 Å². The molecule has 0 spiro atoms. The lowest BCUT2D eigenvalue weighted by atomic mass is 10.0. The molecule has 12 heavy (non-hydrogen) atoms. The van der Waals surface area contributed by atoms with Crippen molar-refractivity contribution in [3.63, 3.8) is 0 Å². The second kappa shape index (κ2) is 3.57. The molecule has 0 N–H and O–H groups in total. The predicted molar refractivity (Wildman–Crippen MR) is 50.4 cm³/mol. The van der Waals surface area contributed by atoms with Crippen LogP contribution in [0.2, 0.25) is 0 Å². The van der Waals surface area contributed by atoms with Gasteiger partial charge in [0.1, 0.15) is 0 Å². The minimum atomic E-state index is 0.131. The predicted octanol–water partition coefficient (Wildman–Crippen LogP) is 1.90. The van der Waals surface area contributed by atoms with Gasteiger partial charge in [-0.05, 0) is 18.4 Å². The molecule has 2 heteroatoms.